The second kappa shape index (κ2) is 6.74. The number of fused-ring (bicyclic) bond motifs is 1. The highest BCUT2D eigenvalue weighted by Gasteiger charge is 2.23. The number of ether oxygens (including phenoxy) is 3. The van der Waals surface area contributed by atoms with Crippen LogP contribution in [0.4, 0.5) is 0 Å². The number of aryl methyl sites for hydroxylation is 1. The van der Waals surface area contributed by atoms with Crippen molar-refractivity contribution in [3.05, 3.63) is 53.6 Å². The first kappa shape index (κ1) is 16.1. The lowest BCUT2D eigenvalue weighted by Crippen LogP contribution is -2.15. The summed E-state index contributed by atoms with van der Waals surface area (Å²) < 4.78 is 16.3. The maximum atomic E-state index is 11.3. The summed E-state index contributed by atoms with van der Waals surface area (Å²) in [7, 11) is 0. The number of rotatable bonds is 3. The summed E-state index contributed by atoms with van der Waals surface area (Å²) in [6, 6.07) is 13.1. The Morgan fingerprint density at radius 1 is 1.00 bits per heavy atom. The smallest absolute Gasteiger partial charge is 0.308 e. The van der Waals surface area contributed by atoms with Crippen LogP contribution in [0.1, 0.15) is 37.5 Å². The molecular weight excluding hydrogens is 308 g/mol. The molecule has 0 N–H and O–H groups in total. The van der Waals surface area contributed by atoms with Crippen molar-refractivity contribution in [2.45, 2.75) is 32.8 Å². The fourth-order valence-electron chi connectivity index (χ4n) is 2.76. The van der Waals surface area contributed by atoms with Crippen molar-refractivity contribution in [2.75, 3.05) is 0 Å². The topological polar surface area (TPSA) is 61.8 Å². The molecule has 2 aromatic rings. The van der Waals surface area contributed by atoms with Crippen LogP contribution < -0.4 is 14.2 Å². The van der Waals surface area contributed by atoms with Crippen molar-refractivity contribution in [3.8, 4) is 17.2 Å². The fraction of sp³-hybridized carbons (Fsp3) is 0.263. The SMILES string of the molecule is CC(=O)Oc1ccc([C@H]2CCc3ccccc3O2)cc1OC(C)=O. The maximum absolute atomic E-state index is 11.3. The second-order valence-electron chi connectivity index (χ2n) is 5.65. The summed E-state index contributed by atoms with van der Waals surface area (Å²) in [5, 5.41) is 0. The maximum Gasteiger partial charge on any atom is 0.308 e. The molecule has 3 rings (SSSR count). The largest absolute Gasteiger partial charge is 0.485 e. The van der Waals surface area contributed by atoms with Crippen LogP contribution in [0.25, 0.3) is 0 Å². The van der Waals surface area contributed by atoms with Crippen molar-refractivity contribution in [1.29, 1.82) is 0 Å². The number of esters is 2. The first-order valence-corrected chi connectivity index (χ1v) is 7.78. The molecule has 24 heavy (non-hydrogen) atoms. The number of hydrogen-bond donors (Lipinski definition) is 0. The zero-order chi connectivity index (χ0) is 17.1. The Morgan fingerprint density at radius 2 is 1.71 bits per heavy atom. The predicted molar refractivity (Wildman–Crippen MR) is 87.2 cm³/mol. The third kappa shape index (κ3) is 3.56. The predicted octanol–water partition coefficient (Wildman–Crippen LogP) is 3.60. The van der Waals surface area contributed by atoms with E-state index >= 15 is 0 Å². The van der Waals surface area contributed by atoms with Crippen molar-refractivity contribution in [2.24, 2.45) is 0 Å². The van der Waals surface area contributed by atoms with Gasteiger partial charge in [0.05, 0.1) is 0 Å². The van der Waals surface area contributed by atoms with Crippen molar-refractivity contribution < 1.29 is 23.8 Å². The van der Waals surface area contributed by atoms with Crippen LogP contribution in [-0.2, 0) is 16.0 Å². The highest BCUT2D eigenvalue weighted by Crippen LogP contribution is 2.38. The molecule has 5 heteroatoms. The molecule has 0 aliphatic carbocycles. The first-order chi connectivity index (χ1) is 11.5. The van der Waals surface area contributed by atoms with E-state index in [-0.39, 0.29) is 17.6 Å². The van der Waals surface area contributed by atoms with E-state index in [0.29, 0.717) is 0 Å². The summed E-state index contributed by atoms with van der Waals surface area (Å²) in [6.45, 7) is 2.60. The fourth-order valence-corrected chi connectivity index (χ4v) is 2.76. The Kier molecular flexibility index (Phi) is 4.51. The zero-order valence-corrected chi connectivity index (χ0v) is 13.6. The molecule has 1 heterocycles. The second-order valence-corrected chi connectivity index (χ2v) is 5.65. The lowest BCUT2D eigenvalue weighted by molar-refractivity contribution is -0.134. The molecule has 1 aliphatic heterocycles. The van der Waals surface area contributed by atoms with Gasteiger partial charge < -0.3 is 14.2 Å². The number of hydrogen-bond acceptors (Lipinski definition) is 5. The Balaban J connectivity index is 1.88. The monoisotopic (exact) mass is 326 g/mol. The molecule has 0 saturated heterocycles. The van der Waals surface area contributed by atoms with Crippen LogP contribution in [0.5, 0.6) is 17.2 Å². The quantitative estimate of drug-likeness (QED) is 0.637. The molecule has 0 amide bonds. The number of para-hydroxylation sites is 1. The minimum atomic E-state index is -0.476. The van der Waals surface area contributed by atoms with Gasteiger partial charge in [-0.2, -0.15) is 0 Å². The molecule has 0 aromatic heterocycles. The van der Waals surface area contributed by atoms with Gasteiger partial charge in [-0.25, -0.2) is 0 Å². The van der Waals surface area contributed by atoms with E-state index in [1.807, 2.05) is 24.3 Å². The Morgan fingerprint density at radius 3 is 2.46 bits per heavy atom. The average molecular weight is 326 g/mol. The van der Waals surface area contributed by atoms with Gasteiger partial charge in [0, 0.05) is 13.8 Å². The molecule has 0 saturated carbocycles. The van der Waals surface area contributed by atoms with Crippen LogP contribution in [0.15, 0.2) is 42.5 Å². The van der Waals surface area contributed by atoms with E-state index in [2.05, 4.69) is 6.07 Å². The van der Waals surface area contributed by atoms with Gasteiger partial charge in [-0.3, -0.25) is 9.59 Å². The van der Waals surface area contributed by atoms with Crippen LogP contribution in [0.2, 0.25) is 0 Å². The summed E-state index contributed by atoms with van der Waals surface area (Å²) in [4.78, 5) is 22.5. The van der Waals surface area contributed by atoms with Crippen LogP contribution in [0, 0.1) is 0 Å². The Bertz CT molecular complexity index is 781. The van der Waals surface area contributed by atoms with Gasteiger partial charge >= 0.3 is 11.9 Å². The van der Waals surface area contributed by atoms with E-state index in [1.54, 1.807) is 12.1 Å². The van der Waals surface area contributed by atoms with Gasteiger partial charge in [0.1, 0.15) is 11.9 Å². The van der Waals surface area contributed by atoms with Gasteiger partial charge in [-0.05, 0) is 42.2 Å². The molecule has 1 aliphatic rings. The molecule has 5 nitrogen and oxygen atoms in total. The van der Waals surface area contributed by atoms with Crippen LogP contribution >= 0.6 is 0 Å². The highest BCUT2D eigenvalue weighted by molar-refractivity contribution is 5.73. The number of carbonyl (C=O) groups is 2. The van der Waals surface area contributed by atoms with Gasteiger partial charge in [0.2, 0.25) is 0 Å². The van der Waals surface area contributed by atoms with E-state index in [1.165, 1.54) is 19.4 Å². The van der Waals surface area contributed by atoms with Crippen LogP contribution in [0.3, 0.4) is 0 Å². The van der Waals surface area contributed by atoms with E-state index in [9.17, 15) is 9.59 Å². The number of carbonyl (C=O) groups excluding carboxylic acids is 2. The normalized spacial score (nSPS) is 15.8. The molecule has 1 atom stereocenters. The Labute approximate surface area is 140 Å². The van der Waals surface area contributed by atoms with Crippen molar-refractivity contribution in [3.63, 3.8) is 0 Å². The van der Waals surface area contributed by atoms with Gasteiger partial charge in [-0.1, -0.05) is 24.3 Å². The molecule has 2 aromatic carbocycles. The molecule has 0 unspecified atom stereocenters. The number of benzene rings is 2. The standard InChI is InChI=1S/C19H18O5/c1-12(20)22-18-10-8-15(11-19(18)23-13(2)21)17-9-7-14-5-3-4-6-16(14)24-17/h3-6,8,10-11,17H,7,9H2,1-2H3/t17-/m1/s1. The minimum Gasteiger partial charge on any atom is -0.485 e. The van der Waals surface area contributed by atoms with Gasteiger partial charge in [0.25, 0.3) is 0 Å². The van der Waals surface area contributed by atoms with Crippen molar-refractivity contribution >= 4 is 11.9 Å². The van der Waals surface area contributed by atoms with E-state index < -0.39 is 11.9 Å². The van der Waals surface area contributed by atoms with E-state index in [0.717, 1.165) is 24.2 Å². The summed E-state index contributed by atoms with van der Waals surface area (Å²) in [5.74, 6) is 0.358. The molecule has 0 spiro atoms. The average Bonchev–Trinajstić information content (AvgIpc) is 2.55. The van der Waals surface area contributed by atoms with Gasteiger partial charge in [0.15, 0.2) is 11.5 Å². The van der Waals surface area contributed by atoms with Crippen molar-refractivity contribution in [1.82, 2.24) is 0 Å². The third-order valence-corrected chi connectivity index (χ3v) is 3.76. The van der Waals surface area contributed by atoms with Crippen LogP contribution in [-0.4, -0.2) is 11.9 Å². The minimum absolute atomic E-state index is 0.138. The van der Waals surface area contributed by atoms with Gasteiger partial charge in [-0.15, -0.1) is 0 Å². The first-order valence-electron chi connectivity index (χ1n) is 7.78. The Hall–Kier alpha value is -2.82. The third-order valence-electron chi connectivity index (χ3n) is 3.76. The summed E-state index contributed by atoms with van der Waals surface area (Å²) in [6.07, 6.45) is 1.60. The molecule has 124 valence electrons. The highest BCUT2D eigenvalue weighted by atomic mass is 16.6. The lowest BCUT2D eigenvalue weighted by Gasteiger charge is -2.26. The summed E-state index contributed by atoms with van der Waals surface area (Å²) >= 11 is 0. The molecule has 0 radical (unpaired) electrons. The zero-order valence-electron chi connectivity index (χ0n) is 13.6. The molecule has 0 bridgehead atoms. The molecule has 0 fully saturated rings. The van der Waals surface area contributed by atoms with E-state index in [4.69, 9.17) is 14.2 Å². The summed E-state index contributed by atoms with van der Waals surface area (Å²) in [5.41, 5.74) is 2.06. The molecular formula is C19H18O5. The lowest BCUT2D eigenvalue weighted by atomic mass is 9.97.